The van der Waals surface area contributed by atoms with Crippen molar-refractivity contribution in [2.75, 3.05) is 0 Å². The average molecular weight is 430 g/mol. The molecule has 3 atom stereocenters. The molecule has 0 saturated carbocycles. The summed E-state index contributed by atoms with van der Waals surface area (Å²) in [6.45, 7) is 4.39. The third kappa shape index (κ3) is 20.8. The van der Waals surface area contributed by atoms with E-state index in [1.54, 1.807) is 0 Å². The highest BCUT2D eigenvalue weighted by Crippen LogP contribution is 2.16. The van der Waals surface area contributed by atoms with Crippen LogP contribution in [0.15, 0.2) is 12.2 Å². The van der Waals surface area contributed by atoms with Gasteiger partial charge in [-0.05, 0) is 12.8 Å². The monoisotopic (exact) mass is 429 g/mol. The van der Waals surface area contributed by atoms with Crippen molar-refractivity contribution in [3.05, 3.63) is 12.2 Å². The van der Waals surface area contributed by atoms with Crippen LogP contribution in [0.3, 0.4) is 0 Å². The summed E-state index contributed by atoms with van der Waals surface area (Å²) in [5, 5.41) is 12.8. The molecule has 0 amide bonds. The largest absolute Gasteiger partial charge is 0.578 e. The van der Waals surface area contributed by atoms with Crippen molar-refractivity contribution >= 4 is 8.18 Å². The lowest BCUT2D eigenvalue weighted by Crippen LogP contribution is -2.35. The van der Waals surface area contributed by atoms with Crippen molar-refractivity contribution in [1.29, 1.82) is 0 Å². The molecule has 0 aromatic heterocycles. The Morgan fingerprint density at radius 3 is 1.69 bits per heavy atom. The first-order valence-corrected chi connectivity index (χ1v) is 13.5. The lowest BCUT2D eigenvalue weighted by molar-refractivity contribution is -0.168. The minimum atomic E-state index is -2.70. The van der Waals surface area contributed by atoms with Crippen molar-refractivity contribution in [2.24, 2.45) is 0 Å². The topological polar surface area (TPSA) is 72.4 Å². The van der Waals surface area contributed by atoms with Gasteiger partial charge in [-0.25, -0.2) is 0 Å². The summed E-state index contributed by atoms with van der Waals surface area (Å²) < 4.78 is 11.0. The van der Waals surface area contributed by atoms with E-state index in [4.69, 9.17) is 0 Å². The maximum absolute atomic E-state index is 11.0. The quantitative estimate of drug-likeness (QED) is 0.111. The van der Waals surface area contributed by atoms with Crippen LogP contribution in [0, 0.1) is 0 Å². The Kier molecular flexibility index (Phi) is 22.2. The summed E-state index contributed by atoms with van der Waals surface area (Å²) in [5.74, 6) is 0. The zero-order chi connectivity index (χ0) is 21.6. The van der Waals surface area contributed by atoms with Gasteiger partial charge in [0.05, 0.1) is 12.1 Å². The molecule has 5 heteroatoms. The van der Waals surface area contributed by atoms with Crippen molar-refractivity contribution < 1.29 is 14.6 Å². The van der Waals surface area contributed by atoms with Crippen LogP contribution in [0.2, 0.25) is 0 Å². The normalized spacial score (nSPS) is 14.4. The maximum Gasteiger partial charge on any atom is 0.408 e. The van der Waals surface area contributed by atoms with Gasteiger partial charge in [0.1, 0.15) is 0 Å². The van der Waals surface area contributed by atoms with Gasteiger partial charge in [0.2, 0.25) is 0 Å². The third-order valence-corrected chi connectivity index (χ3v) is 6.10. The second-order valence-electron chi connectivity index (χ2n) is 8.43. The van der Waals surface area contributed by atoms with Crippen molar-refractivity contribution in [2.45, 2.75) is 142 Å². The van der Waals surface area contributed by atoms with Crippen LogP contribution in [0.5, 0.6) is 0 Å². The SMILES string of the molecule is CCCC/C=C/C(N[P+](=O)[O-])C(O)CCCCCCCCCCCCCCCC. The minimum Gasteiger partial charge on any atom is -0.578 e. The summed E-state index contributed by atoms with van der Waals surface area (Å²) in [7, 11) is -2.70. The molecule has 0 aliphatic rings. The molecule has 0 aliphatic carbocycles. The summed E-state index contributed by atoms with van der Waals surface area (Å²) >= 11 is 0. The van der Waals surface area contributed by atoms with E-state index in [9.17, 15) is 14.6 Å². The Bertz CT molecular complexity index is 390. The Hall–Kier alpha value is -0.280. The van der Waals surface area contributed by atoms with E-state index in [1.807, 2.05) is 12.2 Å². The fourth-order valence-corrected chi connectivity index (χ4v) is 4.17. The van der Waals surface area contributed by atoms with Crippen LogP contribution >= 0.6 is 8.18 Å². The molecule has 0 heterocycles. The van der Waals surface area contributed by atoms with Gasteiger partial charge in [0, 0.05) is 0 Å². The number of hydrogen-bond donors (Lipinski definition) is 2. The molecule has 0 aliphatic heterocycles. The third-order valence-electron chi connectivity index (χ3n) is 5.59. The molecule has 0 spiro atoms. The van der Waals surface area contributed by atoms with Crippen LogP contribution in [0.25, 0.3) is 0 Å². The highest BCUT2D eigenvalue weighted by atomic mass is 31.1. The molecule has 0 radical (unpaired) electrons. The van der Waals surface area contributed by atoms with Crippen LogP contribution in [-0.2, 0) is 4.57 Å². The summed E-state index contributed by atoms with van der Waals surface area (Å²) in [6.07, 6.45) is 25.3. The van der Waals surface area contributed by atoms with Gasteiger partial charge in [-0.2, -0.15) is 0 Å². The number of unbranched alkanes of at least 4 members (excludes halogenated alkanes) is 15. The second kappa shape index (κ2) is 22.4. The molecule has 0 fully saturated rings. The Labute approximate surface area is 181 Å². The molecule has 2 N–H and O–H groups in total. The lowest BCUT2D eigenvalue weighted by atomic mass is 10.0. The predicted molar refractivity (Wildman–Crippen MR) is 124 cm³/mol. The Balaban J connectivity index is 3.63. The number of hydrogen-bond acceptors (Lipinski definition) is 3. The van der Waals surface area contributed by atoms with E-state index in [2.05, 4.69) is 18.9 Å². The molecule has 172 valence electrons. The molecular formula is C24H48NO3P. The van der Waals surface area contributed by atoms with Gasteiger partial charge in [0.25, 0.3) is 0 Å². The predicted octanol–water partition coefficient (Wildman–Crippen LogP) is 6.94. The van der Waals surface area contributed by atoms with E-state index < -0.39 is 20.3 Å². The van der Waals surface area contributed by atoms with E-state index >= 15 is 0 Å². The van der Waals surface area contributed by atoms with Gasteiger partial charge in [0.15, 0.2) is 0 Å². The summed E-state index contributed by atoms with van der Waals surface area (Å²) in [5.41, 5.74) is 0. The molecule has 4 nitrogen and oxygen atoms in total. The van der Waals surface area contributed by atoms with Gasteiger partial charge in [-0.1, -0.05) is 133 Å². The number of rotatable bonds is 22. The Morgan fingerprint density at radius 2 is 1.24 bits per heavy atom. The zero-order valence-electron chi connectivity index (χ0n) is 19.2. The minimum absolute atomic E-state index is 0.491. The zero-order valence-corrected chi connectivity index (χ0v) is 20.1. The molecule has 29 heavy (non-hydrogen) atoms. The van der Waals surface area contributed by atoms with E-state index in [-0.39, 0.29) is 0 Å². The number of allylic oxidation sites excluding steroid dienone is 1. The van der Waals surface area contributed by atoms with Gasteiger partial charge >= 0.3 is 8.18 Å². The summed E-state index contributed by atoms with van der Waals surface area (Å²) in [6, 6.07) is -0.491. The number of nitrogens with one attached hydrogen (secondary N) is 1. The fraction of sp³-hybridized carbons (Fsp3) is 0.917. The highest BCUT2D eigenvalue weighted by Gasteiger charge is 2.20. The smallest absolute Gasteiger partial charge is 0.408 e. The van der Waals surface area contributed by atoms with Crippen LogP contribution in [0.4, 0.5) is 0 Å². The van der Waals surface area contributed by atoms with Crippen molar-refractivity contribution in [3.63, 3.8) is 0 Å². The summed E-state index contributed by atoms with van der Waals surface area (Å²) in [4.78, 5) is 11.0. The molecule has 0 saturated heterocycles. The Morgan fingerprint density at radius 1 is 0.793 bits per heavy atom. The molecule has 0 aromatic rings. The van der Waals surface area contributed by atoms with Crippen LogP contribution in [-0.4, -0.2) is 17.3 Å². The highest BCUT2D eigenvalue weighted by molar-refractivity contribution is 7.34. The van der Waals surface area contributed by atoms with Gasteiger partial charge < -0.3 is 10.00 Å². The van der Waals surface area contributed by atoms with E-state index in [0.29, 0.717) is 6.42 Å². The van der Waals surface area contributed by atoms with Gasteiger partial charge in [-0.3, -0.25) is 0 Å². The molecule has 0 aromatic carbocycles. The fourth-order valence-electron chi connectivity index (χ4n) is 3.67. The maximum atomic E-state index is 11.0. The molecule has 0 bridgehead atoms. The van der Waals surface area contributed by atoms with E-state index in [1.165, 1.54) is 77.0 Å². The number of aliphatic hydroxyl groups excluding tert-OH is 1. The lowest BCUT2D eigenvalue weighted by Gasteiger charge is -2.17. The van der Waals surface area contributed by atoms with Crippen molar-refractivity contribution in [3.8, 4) is 0 Å². The molecule has 0 rings (SSSR count). The molecular weight excluding hydrogens is 381 g/mol. The first-order chi connectivity index (χ1) is 14.1. The number of aliphatic hydroxyl groups is 1. The van der Waals surface area contributed by atoms with Crippen molar-refractivity contribution in [1.82, 2.24) is 5.09 Å². The first kappa shape index (κ1) is 28.7. The average Bonchev–Trinajstić information content (AvgIpc) is 2.70. The van der Waals surface area contributed by atoms with Crippen LogP contribution in [0.1, 0.15) is 129 Å². The second-order valence-corrected chi connectivity index (χ2v) is 9.21. The molecule has 3 unspecified atom stereocenters. The standard InChI is InChI=1S/C24H48NO3P/c1-3-5-7-9-10-11-12-13-14-15-16-17-18-20-22-24(26)23(25-29(27)28)21-19-8-6-4-2/h19,21,23-24,26H,3-18,20,22H2,1-2H3,(H,25,27,28)/b21-19+. The van der Waals surface area contributed by atoms with Gasteiger partial charge in [-0.15, -0.1) is 5.09 Å². The van der Waals surface area contributed by atoms with Crippen LogP contribution < -0.4 is 9.98 Å². The first-order valence-electron chi connectivity index (χ1n) is 12.4. The van der Waals surface area contributed by atoms with E-state index in [0.717, 1.165) is 32.1 Å².